The number of carbonyl (C=O) groups is 1. The molecule has 1 aromatic carbocycles. The van der Waals surface area contributed by atoms with Gasteiger partial charge in [0.2, 0.25) is 5.91 Å². The molecule has 6 heteroatoms. The van der Waals surface area contributed by atoms with Gasteiger partial charge in [0.15, 0.2) is 0 Å². The molecule has 1 amide bonds. The molecule has 16 heavy (non-hydrogen) atoms. The minimum atomic E-state index is -0.593. The highest BCUT2D eigenvalue weighted by Crippen LogP contribution is 2.23. The Morgan fingerprint density at radius 2 is 2.12 bits per heavy atom. The molecule has 1 unspecified atom stereocenters. The van der Waals surface area contributed by atoms with E-state index in [0.29, 0.717) is 0 Å². The largest absolute Gasteiger partial charge is 0.382 e. The van der Waals surface area contributed by atoms with Crippen LogP contribution in [-0.4, -0.2) is 12.5 Å². The van der Waals surface area contributed by atoms with Gasteiger partial charge >= 0.3 is 0 Å². The van der Waals surface area contributed by atoms with Crippen LogP contribution in [0, 0.1) is 17.6 Å². The molecule has 88 valence electrons. The molecule has 3 nitrogen and oxygen atoms in total. The van der Waals surface area contributed by atoms with Crippen molar-refractivity contribution in [3.8, 4) is 0 Å². The molecule has 0 heterocycles. The monoisotopic (exact) mass is 292 g/mol. The highest BCUT2D eigenvalue weighted by atomic mass is 79.9. The fraction of sp³-hybridized carbons (Fsp3) is 0.300. The number of hydrogen-bond donors (Lipinski definition) is 2. The van der Waals surface area contributed by atoms with Gasteiger partial charge < -0.3 is 11.1 Å². The molecule has 0 saturated carbocycles. The minimum absolute atomic E-state index is 0.00815. The first-order chi connectivity index (χ1) is 7.41. The zero-order valence-corrected chi connectivity index (χ0v) is 10.1. The number of rotatable bonds is 4. The van der Waals surface area contributed by atoms with Gasteiger partial charge in [-0.15, -0.1) is 0 Å². The average Bonchev–Trinajstić information content (AvgIpc) is 2.20. The minimum Gasteiger partial charge on any atom is -0.382 e. The molecule has 3 N–H and O–H groups in total. The molecule has 0 spiro atoms. The third kappa shape index (κ3) is 3.16. The van der Waals surface area contributed by atoms with Crippen molar-refractivity contribution in [2.75, 3.05) is 11.9 Å². The predicted molar refractivity (Wildman–Crippen MR) is 60.9 cm³/mol. The Kier molecular flexibility index (Phi) is 4.23. The van der Waals surface area contributed by atoms with Crippen LogP contribution in [0.5, 0.6) is 0 Å². The lowest BCUT2D eigenvalue weighted by atomic mass is 10.1. The number of primary amides is 1. The molecular weight excluding hydrogens is 282 g/mol. The summed E-state index contributed by atoms with van der Waals surface area (Å²) in [5, 5.41) is 2.63. The first kappa shape index (κ1) is 12.9. The molecule has 0 aliphatic heterocycles. The molecule has 0 radical (unpaired) electrons. The number of benzene rings is 1. The predicted octanol–water partition coefficient (Wildman–Crippen LogP) is 2.26. The van der Waals surface area contributed by atoms with E-state index in [9.17, 15) is 13.6 Å². The topological polar surface area (TPSA) is 55.1 Å². The Morgan fingerprint density at radius 3 is 2.69 bits per heavy atom. The van der Waals surface area contributed by atoms with Crippen LogP contribution in [0.3, 0.4) is 0 Å². The van der Waals surface area contributed by atoms with E-state index in [2.05, 4.69) is 21.2 Å². The normalized spacial score (nSPS) is 12.2. The number of halogens is 3. The molecular formula is C10H11BrF2N2O. The third-order valence-electron chi connectivity index (χ3n) is 2.09. The summed E-state index contributed by atoms with van der Waals surface area (Å²) in [5.41, 5.74) is 5.05. The molecule has 0 aliphatic rings. The van der Waals surface area contributed by atoms with Crippen molar-refractivity contribution in [1.29, 1.82) is 0 Å². The molecule has 0 bridgehead atoms. The van der Waals surface area contributed by atoms with Crippen LogP contribution in [0.1, 0.15) is 6.92 Å². The summed E-state index contributed by atoms with van der Waals surface area (Å²) < 4.78 is 26.5. The number of nitrogens with one attached hydrogen (secondary N) is 1. The van der Waals surface area contributed by atoms with Crippen LogP contribution >= 0.6 is 15.9 Å². The lowest BCUT2D eigenvalue weighted by Gasteiger charge is -2.11. The molecule has 0 aromatic heterocycles. The van der Waals surface area contributed by atoms with E-state index in [1.165, 1.54) is 0 Å². The van der Waals surface area contributed by atoms with Crippen molar-refractivity contribution >= 4 is 27.5 Å². The smallest absolute Gasteiger partial charge is 0.222 e. The van der Waals surface area contributed by atoms with E-state index < -0.39 is 23.5 Å². The van der Waals surface area contributed by atoms with Gasteiger partial charge in [-0.05, 0) is 22.0 Å². The Morgan fingerprint density at radius 1 is 1.50 bits per heavy atom. The van der Waals surface area contributed by atoms with E-state index >= 15 is 0 Å². The lowest BCUT2D eigenvalue weighted by Crippen LogP contribution is -2.27. The van der Waals surface area contributed by atoms with Crippen molar-refractivity contribution in [2.24, 2.45) is 11.7 Å². The van der Waals surface area contributed by atoms with E-state index in [1.807, 2.05) is 0 Å². The van der Waals surface area contributed by atoms with E-state index in [0.717, 1.165) is 12.1 Å². The van der Waals surface area contributed by atoms with Gasteiger partial charge in [0.05, 0.1) is 16.1 Å². The Bertz CT molecular complexity index is 412. The number of nitrogens with two attached hydrogens (primary N) is 1. The van der Waals surface area contributed by atoms with Gasteiger partial charge in [0, 0.05) is 12.6 Å². The second kappa shape index (κ2) is 5.25. The average molecular weight is 293 g/mol. The number of hydrogen-bond acceptors (Lipinski definition) is 2. The number of carbonyl (C=O) groups excluding carboxylic acids is 1. The Balaban J connectivity index is 2.74. The van der Waals surface area contributed by atoms with Crippen LogP contribution in [0.2, 0.25) is 0 Å². The molecule has 1 atom stereocenters. The third-order valence-corrected chi connectivity index (χ3v) is 2.70. The number of amides is 1. The summed E-state index contributed by atoms with van der Waals surface area (Å²) in [7, 11) is 0. The quantitative estimate of drug-likeness (QED) is 0.837. The van der Waals surface area contributed by atoms with E-state index in [1.54, 1.807) is 6.92 Å². The molecule has 1 rings (SSSR count). The molecule has 0 aliphatic carbocycles. The second-order valence-corrected chi connectivity index (χ2v) is 4.28. The zero-order chi connectivity index (χ0) is 12.3. The number of anilines is 1. The summed E-state index contributed by atoms with van der Waals surface area (Å²) in [6, 6.07) is 2.04. The van der Waals surface area contributed by atoms with Crippen LogP contribution in [0.25, 0.3) is 0 Å². The summed E-state index contributed by atoms with van der Waals surface area (Å²) >= 11 is 2.87. The van der Waals surface area contributed by atoms with Gasteiger partial charge in [-0.2, -0.15) is 0 Å². The van der Waals surface area contributed by atoms with Gasteiger partial charge in [-0.3, -0.25) is 4.79 Å². The summed E-state index contributed by atoms with van der Waals surface area (Å²) in [4.78, 5) is 10.7. The van der Waals surface area contributed by atoms with Crippen LogP contribution < -0.4 is 11.1 Å². The van der Waals surface area contributed by atoms with Crippen molar-refractivity contribution < 1.29 is 13.6 Å². The SMILES string of the molecule is CC(CNc1cc(F)c(Br)cc1F)C(N)=O. The van der Waals surface area contributed by atoms with E-state index in [4.69, 9.17) is 5.73 Å². The summed E-state index contributed by atoms with van der Waals surface area (Å²) in [6.45, 7) is 1.76. The molecule has 1 aromatic rings. The Labute approximate surface area is 100 Å². The Hall–Kier alpha value is -1.17. The molecule has 0 saturated heterocycles. The van der Waals surface area contributed by atoms with E-state index in [-0.39, 0.29) is 16.7 Å². The maximum absolute atomic E-state index is 13.3. The standard InChI is InChI=1S/C10H11BrF2N2O/c1-5(10(14)16)4-15-9-3-7(12)6(11)2-8(9)13/h2-3,5,15H,4H2,1H3,(H2,14,16). The fourth-order valence-corrected chi connectivity index (χ4v) is 1.34. The highest BCUT2D eigenvalue weighted by Gasteiger charge is 2.11. The summed E-state index contributed by atoms with van der Waals surface area (Å²) in [5.74, 6) is -2.11. The van der Waals surface area contributed by atoms with Crippen molar-refractivity contribution in [3.05, 3.63) is 28.2 Å². The molecule has 0 fully saturated rings. The zero-order valence-electron chi connectivity index (χ0n) is 8.56. The fourth-order valence-electron chi connectivity index (χ4n) is 1.02. The maximum Gasteiger partial charge on any atom is 0.222 e. The van der Waals surface area contributed by atoms with Crippen molar-refractivity contribution in [1.82, 2.24) is 0 Å². The second-order valence-electron chi connectivity index (χ2n) is 3.43. The van der Waals surface area contributed by atoms with Crippen LogP contribution in [0.15, 0.2) is 16.6 Å². The lowest BCUT2D eigenvalue weighted by molar-refractivity contribution is -0.120. The first-order valence-corrected chi connectivity index (χ1v) is 5.39. The maximum atomic E-state index is 13.3. The van der Waals surface area contributed by atoms with Gasteiger partial charge in [0.1, 0.15) is 11.6 Å². The van der Waals surface area contributed by atoms with Crippen molar-refractivity contribution in [3.63, 3.8) is 0 Å². The van der Waals surface area contributed by atoms with Crippen LogP contribution in [0.4, 0.5) is 14.5 Å². The van der Waals surface area contributed by atoms with Crippen molar-refractivity contribution in [2.45, 2.75) is 6.92 Å². The van der Waals surface area contributed by atoms with Gasteiger partial charge in [0.25, 0.3) is 0 Å². The highest BCUT2D eigenvalue weighted by molar-refractivity contribution is 9.10. The summed E-state index contributed by atoms with van der Waals surface area (Å²) in [6.07, 6.45) is 0. The van der Waals surface area contributed by atoms with Crippen LogP contribution in [-0.2, 0) is 4.79 Å². The van der Waals surface area contributed by atoms with Gasteiger partial charge in [-0.25, -0.2) is 8.78 Å². The first-order valence-electron chi connectivity index (χ1n) is 4.59. The van der Waals surface area contributed by atoms with Gasteiger partial charge in [-0.1, -0.05) is 6.92 Å².